The third-order valence-electron chi connectivity index (χ3n) is 2.77. The number of alkyl halides is 1. The second-order valence-electron chi connectivity index (χ2n) is 4.13. The Morgan fingerprint density at radius 1 is 1.25 bits per heavy atom. The van der Waals surface area contributed by atoms with Crippen LogP contribution in [0, 0.1) is 5.92 Å². The first-order valence-electron chi connectivity index (χ1n) is 6.02. The molecule has 0 fully saturated rings. The van der Waals surface area contributed by atoms with Crippen LogP contribution >= 0.6 is 15.9 Å². The molecule has 90 valence electrons. The number of halogens is 1. The van der Waals surface area contributed by atoms with Crippen molar-refractivity contribution in [1.29, 1.82) is 0 Å². The Balaban J connectivity index is 2.33. The summed E-state index contributed by atoms with van der Waals surface area (Å²) in [6.45, 7) is 6.04. The number of rotatable bonds is 7. The van der Waals surface area contributed by atoms with Crippen molar-refractivity contribution in [2.75, 3.05) is 13.2 Å². The first-order chi connectivity index (χ1) is 7.75. The van der Waals surface area contributed by atoms with Gasteiger partial charge >= 0.3 is 0 Å². The van der Waals surface area contributed by atoms with Crippen LogP contribution in [-0.2, 0) is 4.74 Å². The molecule has 0 bridgehead atoms. The van der Waals surface area contributed by atoms with Gasteiger partial charge in [-0.05, 0) is 31.2 Å². The molecule has 0 spiro atoms. The molecule has 1 rings (SSSR count). The first-order valence-corrected chi connectivity index (χ1v) is 6.94. The van der Waals surface area contributed by atoms with Gasteiger partial charge in [0, 0.05) is 18.0 Å². The van der Waals surface area contributed by atoms with Crippen molar-refractivity contribution in [3.63, 3.8) is 0 Å². The molecule has 0 amide bonds. The Labute approximate surface area is 107 Å². The van der Waals surface area contributed by atoms with Crippen LogP contribution in [0.2, 0.25) is 0 Å². The Hall–Kier alpha value is -0.340. The summed E-state index contributed by atoms with van der Waals surface area (Å²) >= 11 is 3.78. The maximum Gasteiger partial charge on any atom is 0.0466 e. The maximum atomic E-state index is 5.35. The summed E-state index contributed by atoms with van der Waals surface area (Å²) in [5.74, 6) is 0.642. The molecule has 0 radical (unpaired) electrons. The van der Waals surface area contributed by atoms with E-state index in [9.17, 15) is 0 Å². The second kappa shape index (κ2) is 7.86. The average Bonchev–Trinajstić information content (AvgIpc) is 2.34. The van der Waals surface area contributed by atoms with E-state index in [-0.39, 0.29) is 0 Å². The van der Waals surface area contributed by atoms with Crippen molar-refractivity contribution in [3.8, 4) is 0 Å². The molecule has 2 unspecified atom stereocenters. The Morgan fingerprint density at radius 3 is 2.56 bits per heavy atom. The minimum absolute atomic E-state index is 0.454. The predicted molar refractivity (Wildman–Crippen MR) is 73.0 cm³/mol. The van der Waals surface area contributed by atoms with E-state index in [1.165, 1.54) is 12.0 Å². The Bertz CT molecular complexity index is 273. The Morgan fingerprint density at radius 2 is 1.94 bits per heavy atom. The lowest BCUT2D eigenvalue weighted by atomic mass is 9.97. The fourth-order valence-electron chi connectivity index (χ4n) is 1.76. The molecular formula is C14H21BrO. The molecule has 0 aliphatic rings. The van der Waals surface area contributed by atoms with Crippen molar-refractivity contribution < 1.29 is 4.74 Å². The molecule has 1 nitrogen and oxygen atoms in total. The van der Waals surface area contributed by atoms with E-state index in [2.05, 4.69) is 53.2 Å². The summed E-state index contributed by atoms with van der Waals surface area (Å²) in [7, 11) is 0. The van der Waals surface area contributed by atoms with Crippen LogP contribution in [0.3, 0.4) is 0 Å². The van der Waals surface area contributed by atoms with Gasteiger partial charge in [0.1, 0.15) is 0 Å². The second-order valence-corrected chi connectivity index (χ2v) is 5.12. The molecule has 0 N–H and O–H groups in total. The largest absolute Gasteiger partial charge is 0.382 e. The van der Waals surface area contributed by atoms with Crippen molar-refractivity contribution in [1.82, 2.24) is 0 Å². The zero-order valence-corrected chi connectivity index (χ0v) is 11.7. The van der Waals surface area contributed by atoms with Crippen LogP contribution in [0.25, 0.3) is 0 Å². The number of ether oxygens (including phenoxy) is 1. The summed E-state index contributed by atoms with van der Waals surface area (Å²) in [6, 6.07) is 10.6. The molecule has 1 aromatic rings. The van der Waals surface area contributed by atoms with Crippen LogP contribution in [-0.4, -0.2) is 13.2 Å². The van der Waals surface area contributed by atoms with E-state index in [1.807, 2.05) is 6.92 Å². The maximum absolute atomic E-state index is 5.35. The van der Waals surface area contributed by atoms with Crippen LogP contribution in [0.15, 0.2) is 30.3 Å². The molecule has 1 aromatic carbocycles. The minimum Gasteiger partial charge on any atom is -0.382 e. The van der Waals surface area contributed by atoms with Crippen molar-refractivity contribution in [2.24, 2.45) is 5.92 Å². The summed E-state index contributed by atoms with van der Waals surface area (Å²) in [4.78, 5) is 0.454. The van der Waals surface area contributed by atoms with Gasteiger partial charge in [0.25, 0.3) is 0 Å². The highest BCUT2D eigenvalue weighted by Crippen LogP contribution is 2.33. The van der Waals surface area contributed by atoms with E-state index in [0.717, 1.165) is 19.6 Å². The molecular weight excluding hydrogens is 264 g/mol. The van der Waals surface area contributed by atoms with Crippen LogP contribution in [0.4, 0.5) is 0 Å². The van der Waals surface area contributed by atoms with E-state index in [1.54, 1.807) is 0 Å². The lowest BCUT2D eigenvalue weighted by Crippen LogP contribution is -2.05. The molecule has 0 heterocycles. The molecule has 0 saturated carbocycles. The van der Waals surface area contributed by atoms with Gasteiger partial charge in [-0.3, -0.25) is 0 Å². The normalized spacial score (nSPS) is 14.7. The van der Waals surface area contributed by atoms with E-state index >= 15 is 0 Å². The highest BCUT2D eigenvalue weighted by molar-refractivity contribution is 9.09. The molecule has 0 saturated heterocycles. The highest BCUT2D eigenvalue weighted by Gasteiger charge is 2.15. The van der Waals surface area contributed by atoms with E-state index in [4.69, 9.17) is 4.74 Å². The van der Waals surface area contributed by atoms with Gasteiger partial charge in [-0.25, -0.2) is 0 Å². The van der Waals surface area contributed by atoms with Crippen LogP contribution in [0.1, 0.15) is 37.1 Å². The molecule has 0 aromatic heterocycles. The minimum atomic E-state index is 0.454. The molecule has 0 aliphatic carbocycles. The quantitative estimate of drug-likeness (QED) is 0.526. The number of hydrogen-bond donors (Lipinski definition) is 0. The monoisotopic (exact) mass is 284 g/mol. The van der Waals surface area contributed by atoms with Crippen LogP contribution in [0.5, 0.6) is 0 Å². The Kier molecular flexibility index (Phi) is 6.74. The van der Waals surface area contributed by atoms with E-state index < -0.39 is 0 Å². The van der Waals surface area contributed by atoms with E-state index in [0.29, 0.717) is 10.7 Å². The number of benzene rings is 1. The summed E-state index contributed by atoms with van der Waals surface area (Å²) in [5.41, 5.74) is 1.37. The molecule has 16 heavy (non-hydrogen) atoms. The average molecular weight is 285 g/mol. The third kappa shape index (κ3) is 4.67. The smallest absolute Gasteiger partial charge is 0.0466 e. The van der Waals surface area contributed by atoms with Gasteiger partial charge in [0.05, 0.1) is 0 Å². The van der Waals surface area contributed by atoms with Crippen molar-refractivity contribution >= 4 is 15.9 Å². The summed E-state index contributed by atoms with van der Waals surface area (Å²) in [6.07, 6.45) is 2.34. The van der Waals surface area contributed by atoms with Crippen molar-refractivity contribution in [3.05, 3.63) is 35.9 Å². The number of hydrogen-bond acceptors (Lipinski definition) is 1. The third-order valence-corrected chi connectivity index (χ3v) is 4.20. The highest BCUT2D eigenvalue weighted by atomic mass is 79.9. The van der Waals surface area contributed by atoms with Gasteiger partial charge in [0.15, 0.2) is 0 Å². The SMILES string of the molecule is CCOCCCC(C)C(Br)c1ccccc1. The summed E-state index contributed by atoms with van der Waals surface area (Å²) < 4.78 is 5.35. The lowest BCUT2D eigenvalue weighted by Gasteiger charge is -2.18. The fraction of sp³-hybridized carbons (Fsp3) is 0.571. The molecule has 2 heteroatoms. The molecule has 0 aliphatic heterocycles. The van der Waals surface area contributed by atoms with Gasteiger partial charge in [-0.15, -0.1) is 0 Å². The van der Waals surface area contributed by atoms with Crippen molar-refractivity contribution in [2.45, 2.75) is 31.5 Å². The predicted octanol–water partition coefficient (Wildman–Crippen LogP) is 4.58. The fourth-order valence-corrected chi connectivity index (χ4v) is 2.33. The van der Waals surface area contributed by atoms with Gasteiger partial charge < -0.3 is 4.74 Å². The zero-order valence-electron chi connectivity index (χ0n) is 10.2. The standard InChI is InChI=1S/C14H21BrO/c1-3-16-11-7-8-12(2)14(15)13-9-5-4-6-10-13/h4-6,9-10,12,14H,3,7-8,11H2,1-2H3. The van der Waals surface area contributed by atoms with Gasteiger partial charge in [0.2, 0.25) is 0 Å². The molecule has 2 atom stereocenters. The zero-order chi connectivity index (χ0) is 11.8. The van der Waals surface area contributed by atoms with Gasteiger partial charge in [-0.1, -0.05) is 53.2 Å². The van der Waals surface area contributed by atoms with Crippen LogP contribution < -0.4 is 0 Å². The first kappa shape index (κ1) is 13.7. The topological polar surface area (TPSA) is 9.23 Å². The lowest BCUT2D eigenvalue weighted by molar-refractivity contribution is 0.140. The van der Waals surface area contributed by atoms with Gasteiger partial charge in [-0.2, -0.15) is 0 Å². The summed E-state index contributed by atoms with van der Waals surface area (Å²) in [5, 5.41) is 0.